The zero-order chi connectivity index (χ0) is 14.8. The van der Waals surface area contributed by atoms with Gasteiger partial charge in [-0.3, -0.25) is 10.1 Å². The molecule has 0 fully saturated rings. The van der Waals surface area contributed by atoms with Crippen molar-refractivity contribution in [1.82, 2.24) is 14.9 Å². The van der Waals surface area contributed by atoms with E-state index in [1.54, 1.807) is 13.8 Å². The molecule has 0 atom stereocenters. The second-order valence-corrected chi connectivity index (χ2v) is 5.23. The molecule has 0 amide bonds. The van der Waals surface area contributed by atoms with Gasteiger partial charge in [0.15, 0.2) is 0 Å². The molecule has 5 heteroatoms. The Hall–Kier alpha value is -1.88. The zero-order valence-corrected chi connectivity index (χ0v) is 12.4. The van der Waals surface area contributed by atoms with Gasteiger partial charge in [0.1, 0.15) is 11.4 Å². The lowest BCUT2D eigenvalue weighted by atomic mass is 10.1. The van der Waals surface area contributed by atoms with Crippen LogP contribution in [-0.2, 0) is 22.6 Å². The van der Waals surface area contributed by atoms with E-state index in [1.165, 1.54) is 7.11 Å². The van der Waals surface area contributed by atoms with Gasteiger partial charge in [0.25, 0.3) is 0 Å². The molecular weight excluding hydrogens is 254 g/mol. The molecule has 0 aliphatic rings. The Kier molecular flexibility index (Phi) is 4.09. The Bertz CT molecular complexity index is 617. The first-order valence-electron chi connectivity index (χ1n) is 6.77. The molecule has 1 aromatic carbocycles. The third-order valence-electron chi connectivity index (χ3n) is 3.43. The van der Waals surface area contributed by atoms with Crippen LogP contribution in [0.5, 0.6) is 0 Å². The third kappa shape index (κ3) is 2.67. The van der Waals surface area contributed by atoms with Gasteiger partial charge in [-0.05, 0) is 32.9 Å². The normalized spacial score (nSPS) is 11.8. The summed E-state index contributed by atoms with van der Waals surface area (Å²) >= 11 is 0. The Balaban J connectivity index is 2.24. The van der Waals surface area contributed by atoms with E-state index in [0.717, 1.165) is 23.4 Å². The molecule has 1 N–H and O–H groups in total. The van der Waals surface area contributed by atoms with Crippen molar-refractivity contribution in [3.05, 3.63) is 30.1 Å². The summed E-state index contributed by atoms with van der Waals surface area (Å²) in [6, 6.07) is 8.04. The number of aryl methyl sites for hydroxylation is 1. The predicted octanol–water partition coefficient (Wildman–Crippen LogP) is 2.10. The number of carbonyl (C=O) groups excluding carboxylic acids is 1. The van der Waals surface area contributed by atoms with E-state index < -0.39 is 5.54 Å². The van der Waals surface area contributed by atoms with Crippen LogP contribution < -0.4 is 5.32 Å². The topological polar surface area (TPSA) is 56.2 Å². The van der Waals surface area contributed by atoms with Crippen LogP contribution in [0.2, 0.25) is 0 Å². The highest BCUT2D eigenvalue weighted by molar-refractivity contribution is 5.79. The molecule has 108 valence electrons. The number of ether oxygens (including phenoxy) is 1. The molecule has 0 unspecified atom stereocenters. The number of aromatic nitrogens is 2. The molecule has 0 spiro atoms. The molecular formula is C15H21N3O2. The number of hydrogen-bond donors (Lipinski definition) is 1. The maximum Gasteiger partial charge on any atom is 0.325 e. The fraction of sp³-hybridized carbons (Fsp3) is 0.467. The number of carbonyl (C=O) groups is 1. The number of esters is 1. The minimum Gasteiger partial charge on any atom is -0.468 e. The Morgan fingerprint density at radius 2 is 2.10 bits per heavy atom. The summed E-state index contributed by atoms with van der Waals surface area (Å²) in [7, 11) is 1.40. The summed E-state index contributed by atoms with van der Waals surface area (Å²) in [5, 5.41) is 3.20. The number of fused-ring (bicyclic) bond motifs is 1. The molecule has 0 radical (unpaired) electrons. The SMILES string of the molecule is CCn1c(CNC(C)(C)C(=O)OC)nc2ccccc21. The average Bonchev–Trinajstić information content (AvgIpc) is 2.81. The van der Waals surface area contributed by atoms with Gasteiger partial charge in [0.05, 0.1) is 24.7 Å². The highest BCUT2D eigenvalue weighted by Gasteiger charge is 2.28. The molecule has 2 rings (SSSR count). The monoisotopic (exact) mass is 275 g/mol. The standard InChI is InChI=1S/C15H21N3O2/c1-5-18-12-9-7-6-8-11(12)17-13(18)10-16-15(2,3)14(19)20-4/h6-9,16H,5,10H2,1-4H3. The second-order valence-electron chi connectivity index (χ2n) is 5.23. The highest BCUT2D eigenvalue weighted by Crippen LogP contribution is 2.16. The fourth-order valence-corrected chi connectivity index (χ4v) is 2.24. The first-order chi connectivity index (χ1) is 9.49. The van der Waals surface area contributed by atoms with Crippen molar-refractivity contribution in [2.24, 2.45) is 0 Å². The van der Waals surface area contributed by atoms with E-state index in [1.807, 2.05) is 18.2 Å². The molecule has 1 heterocycles. The molecule has 0 saturated carbocycles. The van der Waals surface area contributed by atoms with Crippen molar-refractivity contribution in [3.63, 3.8) is 0 Å². The maximum atomic E-state index is 11.7. The number of nitrogens with zero attached hydrogens (tertiary/aromatic N) is 2. The third-order valence-corrected chi connectivity index (χ3v) is 3.43. The lowest BCUT2D eigenvalue weighted by Crippen LogP contribution is -2.47. The molecule has 0 bridgehead atoms. The zero-order valence-electron chi connectivity index (χ0n) is 12.4. The van der Waals surface area contributed by atoms with Crippen LogP contribution in [0.15, 0.2) is 24.3 Å². The van der Waals surface area contributed by atoms with Crippen LogP contribution >= 0.6 is 0 Å². The van der Waals surface area contributed by atoms with Crippen LogP contribution in [-0.4, -0.2) is 28.2 Å². The average molecular weight is 275 g/mol. The first-order valence-corrected chi connectivity index (χ1v) is 6.77. The first kappa shape index (κ1) is 14.5. The summed E-state index contributed by atoms with van der Waals surface area (Å²) in [5.41, 5.74) is 1.36. The summed E-state index contributed by atoms with van der Waals surface area (Å²) in [6.45, 7) is 7.05. The van der Waals surface area contributed by atoms with Crippen LogP contribution in [0.4, 0.5) is 0 Å². The maximum absolute atomic E-state index is 11.7. The van der Waals surface area contributed by atoms with E-state index in [4.69, 9.17) is 4.74 Å². The summed E-state index contributed by atoms with van der Waals surface area (Å²) < 4.78 is 6.94. The number of imidazole rings is 1. The van der Waals surface area contributed by atoms with E-state index in [2.05, 4.69) is 27.9 Å². The van der Waals surface area contributed by atoms with Gasteiger partial charge in [-0.2, -0.15) is 0 Å². The summed E-state index contributed by atoms with van der Waals surface area (Å²) in [6.07, 6.45) is 0. The van der Waals surface area contributed by atoms with Crippen molar-refractivity contribution in [2.75, 3.05) is 7.11 Å². The number of methoxy groups -OCH3 is 1. The second kappa shape index (κ2) is 5.63. The quantitative estimate of drug-likeness (QED) is 0.849. The van der Waals surface area contributed by atoms with Gasteiger partial charge >= 0.3 is 5.97 Å². The molecule has 5 nitrogen and oxygen atoms in total. The van der Waals surface area contributed by atoms with Gasteiger partial charge in [-0.1, -0.05) is 12.1 Å². The van der Waals surface area contributed by atoms with Crippen molar-refractivity contribution in [2.45, 2.75) is 39.4 Å². The molecule has 20 heavy (non-hydrogen) atoms. The number of para-hydroxylation sites is 2. The summed E-state index contributed by atoms with van der Waals surface area (Å²) in [4.78, 5) is 16.3. The minimum absolute atomic E-state index is 0.281. The van der Waals surface area contributed by atoms with Crippen LogP contribution in [0, 0.1) is 0 Å². The number of hydrogen-bond acceptors (Lipinski definition) is 4. The number of rotatable bonds is 5. The molecule has 0 aliphatic heterocycles. The molecule has 0 saturated heterocycles. The minimum atomic E-state index is -0.731. The lowest BCUT2D eigenvalue weighted by molar-refractivity contribution is -0.147. The van der Waals surface area contributed by atoms with Crippen molar-refractivity contribution < 1.29 is 9.53 Å². The Morgan fingerprint density at radius 1 is 1.40 bits per heavy atom. The number of nitrogens with one attached hydrogen (secondary N) is 1. The van der Waals surface area contributed by atoms with E-state index in [9.17, 15) is 4.79 Å². The smallest absolute Gasteiger partial charge is 0.325 e. The number of benzene rings is 1. The van der Waals surface area contributed by atoms with Gasteiger partial charge in [0, 0.05) is 6.54 Å². The van der Waals surface area contributed by atoms with Crippen molar-refractivity contribution >= 4 is 17.0 Å². The van der Waals surface area contributed by atoms with Gasteiger partial charge in [0.2, 0.25) is 0 Å². The lowest BCUT2D eigenvalue weighted by Gasteiger charge is -2.23. The van der Waals surface area contributed by atoms with Gasteiger partial charge in [-0.15, -0.1) is 0 Å². The van der Waals surface area contributed by atoms with Crippen molar-refractivity contribution in [1.29, 1.82) is 0 Å². The Morgan fingerprint density at radius 3 is 2.75 bits per heavy atom. The van der Waals surface area contributed by atoms with E-state index in [-0.39, 0.29) is 5.97 Å². The van der Waals surface area contributed by atoms with E-state index >= 15 is 0 Å². The van der Waals surface area contributed by atoms with Crippen LogP contribution in [0.25, 0.3) is 11.0 Å². The molecule has 0 aliphatic carbocycles. The molecule has 1 aromatic heterocycles. The van der Waals surface area contributed by atoms with Gasteiger partial charge < -0.3 is 9.30 Å². The van der Waals surface area contributed by atoms with Crippen LogP contribution in [0.1, 0.15) is 26.6 Å². The largest absolute Gasteiger partial charge is 0.468 e. The highest BCUT2D eigenvalue weighted by atomic mass is 16.5. The van der Waals surface area contributed by atoms with Crippen LogP contribution in [0.3, 0.4) is 0 Å². The molecule has 2 aromatic rings. The van der Waals surface area contributed by atoms with Crippen molar-refractivity contribution in [3.8, 4) is 0 Å². The van der Waals surface area contributed by atoms with E-state index in [0.29, 0.717) is 6.54 Å². The Labute approximate surface area is 118 Å². The van der Waals surface area contributed by atoms with Gasteiger partial charge in [-0.25, -0.2) is 4.98 Å². The summed E-state index contributed by atoms with van der Waals surface area (Å²) in [5.74, 6) is 0.641. The predicted molar refractivity (Wildman–Crippen MR) is 78.3 cm³/mol. The fourth-order valence-electron chi connectivity index (χ4n) is 2.24.